The van der Waals surface area contributed by atoms with Crippen molar-refractivity contribution in [1.29, 1.82) is 0 Å². The maximum Gasteiger partial charge on any atom is 0.192 e. The molecule has 1 rings (SSSR count). The van der Waals surface area contributed by atoms with Crippen molar-refractivity contribution in [2.24, 2.45) is 5.92 Å². The molecule has 152 valence electrons. The Morgan fingerprint density at radius 1 is 1.19 bits per heavy atom. The third kappa shape index (κ3) is 7.73. The number of hydrogen-bond donors (Lipinski definition) is 0. The summed E-state index contributed by atoms with van der Waals surface area (Å²) >= 11 is 0. The van der Waals surface area contributed by atoms with Crippen LogP contribution in [0.4, 0.5) is 0 Å². The minimum Gasteiger partial charge on any atom is -0.504 e. The predicted octanol–water partition coefficient (Wildman–Crippen LogP) is 7.38. The number of allylic oxidation sites excluding steroid dienone is 2. The fourth-order valence-electron chi connectivity index (χ4n) is 3.72. The van der Waals surface area contributed by atoms with Gasteiger partial charge in [-0.25, -0.2) is 0 Å². The van der Waals surface area contributed by atoms with Gasteiger partial charge in [-0.2, -0.15) is 0 Å². The fraction of sp³-hybridized carbons (Fsp3) is 0.818. The molecular weight excluding hydrogens is 352 g/mol. The van der Waals surface area contributed by atoms with Gasteiger partial charge in [-0.15, -0.1) is 0 Å². The van der Waals surface area contributed by atoms with Gasteiger partial charge >= 0.3 is 0 Å². The molecule has 26 heavy (non-hydrogen) atoms. The Bertz CT molecular complexity index is 507. The standard InChI is InChI=1S/C22H44O2Si2/c1-18(17-25(6,7)8)14-21(24-26(9,10)22(2,3)4)15-19-12-11-13-20(19)16-23-5/h14,16,19,21H,11-13,15,17H2,1-10H3/b18-14+,20-16+. The van der Waals surface area contributed by atoms with Crippen LogP contribution >= 0.6 is 0 Å². The highest BCUT2D eigenvalue weighted by Crippen LogP contribution is 2.40. The van der Waals surface area contributed by atoms with Gasteiger partial charge in [0.15, 0.2) is 8.32 Å². The zero-order valence-electron chi connectivity index (χ0n) is 19.2. The molecule has 2 nitrogen and oxygen atoms in total. The van der Waals surface area contributed by atoms with Gasteiger partial charge in [0.25, 0.3) is 0 Å². The van der Waals surface area contributed by atoms with Crippen molar-refractivity contribution in [2.75, 3.05) is 7.11 Å². The normalized spacial score (nSPS) is 22.8. The molecule has 2 atom stereocenters. The lowest BCUT2D eigenvalue weighted by Crippen LogP contribution is -2.44. The van der Waals surface area contributed by atoms with Crippen LogP contribution in [0, 0.1) is 5.92 Å². The molecule has 0 saturated heterocycles. The zero-order valence-corrected chi connectivity index (χ0v) is 21.2. The van der Waals surface area contributed by atoms with Gasteiger partial charge < -0.3 is 9.16 Å². The van der Waals surface area contributed by atoms with Crippen molar-refractivity contribution in [2.45, 2.75) is 103 Å². The molecule has 0 N–H and O–H groups in total. The van der Waals surface area contributed by atoms with Gasteiger partial charge in [-0.3, -0.25) is 0 Å². The summed E-state index contributed by atoms with van der Waals surface area (Å²) < 4.78 is 12.2. The average Bonchev–Trinajstić information content (AvgIpc) is 2.82. The van der Waals surface area contributed by atoms with Crippen LogP contribution in [0.2, 0.25) is 43.8 Å². The Morgan fingerprint density at radius 2 is 1.81 bits per heavy atom. The summed E-state index contributed by atoms with van der Waals surface area (Å²) in [7, 11) is -1.12. The maximum atomic E-state index is 6.89. The van der Waals surface area contributed by atoms with Crippen LogP contribution in [0.15, 0.2) is 23.5 Å². The van der Waals surface area contributed by atoms with E-state index in [1.54, 1.807) is 7.11 Å². The van der Waals surface area contributed by atoms with E-state index in [1.165, 1.54) is 36.5 Å². The Hall–Kier alpha value is -0.326. The lowest BCUT2D eigenvalue weighted by Gasteiger charge is -2.39. The summed E-state index contributed by atoms with van der Waals surface area (Å²) in [5.41, 5.74) is 3.00. The predicted molar refractivity (Wildman–Crippen MR) is 121 cm³/mol. The van der Waals surface area contributed by atoms with E-state index >= 15 is 0 Å². The third-order valence-electron chi connectivity index (χ3n) is 5.86. The second-order valence-corrected chi connectivity index (χ2v) is 21.2. The molecule has 0 spiro atoms. The van der Waals surface area contributed by atoms with Gasteiger partial charge in [-0.05, 0) is 68.3 Å². The molecule has 0 amide bonds. The molecule has 0 aromatic heterocycles. The molecule has 0 radical (unpaired) electrons. The van der Waals surface area contributed by atoms with E-state index in [0.717, 1.165) is 6.42 Å². The number of hydrogen-bond acceptors (Lipinski definition) is 2. The highest BCUT2D eigenvalue weighted by atomic mass is 28.4. The number of rotatable bonds is 8. The summed E-state index contributed by atoms with van der Waals surface area (Å²) in [6, 6.07) is 1.26. The van der Waals surface area contributed by atoms with Gasteiger partial charge in [0, 0.05) is 8.07 Å². The van der Waals surface area contributed by atoms with E-state index in [2.05, 4.69) is 66.5 Å². The Labute approximate surface area is 165 Å². The van der Waals surface area contributed by atoms with Gasteiger partial charge in [0.05, 0.1) is 19.5 Å². The largest absolute Gasteiger partial charge is 0.504 e. The smallest absolute Gasteiger partial charge is 0.192 e. The summed E-state index contributed by atoms with van der Waals surface area (Å²) in [5, 5.41) is 0.243. The molecule has 4 heteroatoms. The van der Waals surface area contributed by atoms with E-state index in [9.17, 15) is 0 Å². The summed E-state index contributed by atoms with van der Waals surface area (Å²) in [6.07, 6.45) is 9.52. The average molecular weight is 397 g/mol. The fourth-order valence-corrected chi connectivity index (χ4v) is 6.78. The van der Waals surface area contributed by atoms with Gasteiger partial charge in [-0.1, -0.05) is 52.1 Å². The van der Waals surface area contributed by atoms with Crippen molar-refractivity contribution in [3.63, 3.8) is 0 Å². The second kappa shape index (κ2) is 9.25. The first-order valence-electron chi connectivity index (χ1n) is 10.3. The summed E-state index contributed by atoms with van der Waals surface area (Å²) in [5.74, 6) is 0.612. The van der Waals surface area contributed by atoms with Crippen LogP contribution in [0.5, 0.6) is 0 Å². The Balaban J connectivity index is 3.02. The zero-order chi connectivity index (χ0) is 20.2. The second-order valence-electron chi connectivity index (χ2n) is 10.9. The van der Waals surface area contributed by atoms with E-state index in [0.29, 0.717) is 5.92 Å². The minimum absolute atomic E-state index is 0.232. The third-order valence-corrected chi connectivity index (χ3v) is 12.0. The van der Waals surface area contributed by atoms with Crippen molar-refractivity contribution in [3.05, 3.63) is 23.5 Å². The number of methoxy groups -OCH3 is 1. The Morgan fingerprint density at radius 3 is 2.31 bits per heavy atom. The van der Waals surface area contributed by atoms with Crippen molar-refractivity contribution >= 4 is 16.4 Å². The van der Waals surface area contributed by atoms with Crippen LogP contribution in [0.25, 0.3) is 0 Å². The molecule has 1 fully saturated rings. The SMILES string of the molecule is CO/C=C1\CCCC1CC(/C=C(\C)C[Si](C)(C)C)O[Si](C)(C)C(C)(C)C. The maximum absolute atomic E-state index is 6.89. The molecule has 1 saturated carbocycles. The van der Waals surface area contributed by atoms with E-state index in [4.69, 9.17) is 9.16 Å². The van der Waals surface area contributed by atoms with Crippen LogP contribution < -0.4 is 0 Å². The molecule has 0 aromatic carbocycles. The van der Waals surface area contributed by atoms with E-state index < -0.39 is 16.4 Å². The first-order valence-corrected chi connectivity index (χ1v) is 16.9. The van der Waals surface area contributed by atoms with Gasteiger partial charge in [0.1, 0.15) is 0 Å². The molecule has 0 heterocycles. The molecule has 0 bridgehead atoms. The van der Waals surface area contributed by atoms with Crippen molar-refractivity contribution in [3.8, 4) is 0 Å². The highest BCUT2D eigenvalue weighted by molar-refractivity contribution is 6.76. The van der Waals surface area contributed by atoms with E-state index in [-0.39, 0.29) is 11.1 Å². The molecule has 0 aliphatic heterocycles. The van der Waals surface area contributed by atoms with Crippen LogP contribution in [-0.2, 0) is 9.16 Å². The van der Waals surface area contributed by atoms with Crippen molar-refractivity contribution in [1.82, 2.24) is 0 Å². The monoisotopic (exact) mass is 396 g/mol. The first kappa shape index (κ1) is 23.7. The molecule has 1 aliphatic rings. The minimum atomic E-state index is -1.79. The molecular formula is C22H44O2Si2. The highest BCUT2D eigenvalue weighted by Gasteiger charge is 2.39. The topological polar surface area (TPSA) is 18.5 Å². The lowest BCUT2D eigenvalue weighted by molar-refractivity contribution is 0.197. The summed E-state index contributed by atoms with van der Waals surface area (Å²) in [4.78, 5) is 0. The number of ether oxygens (including phenoxy) is 1. The van der Waals surface area contributed by atoms with Crippen LogP contribution in [0.1, 0.15) is 53.4 Å². The molecule has 0 aromatic rings. The Kier molecular flexibility index (Phi) is 8.43. The van der Waals surface area contributed by atoms with Crippen LogP contribution in [-0.4, -0.2) is 29.6 Å². The van der Waals surface area contributed by atoms with Crippen molar-refractivity contribution < 1.29 is 9.16 Å². The van der Waals surface area contributed by atoms with Gasteiger partial charge in [0.2, 0.25) is 0 Å². The quantitative estimate of drug-likeness (QED) is 0.242. The molecule has 2 unspecified atom stereocenters. The molecule has 1 aliphatic carbocycles. The first-order chi connectivity index (χ1) is 11.7. The van der Waals surface area contributed by atoms with Crippen LogP contribution in [0.3, 0.4) is 0 Å². The van der Waals surface area contributed by atoms with E-state index in [1.807, 2.05) is 6.26 Å². The summed E-state index contributed by atoms with van der Waals surface area (Å²) in [6.45, 7) is 21.4. The lowest BCUT2D eigenvalue weighted by atomic mass is 9.95.